The van der Waals surface area contributed by atoms with Crippen LogP contribution in [0.25, 0.3) is 10.9 Å². The average Bonchev–Trinajstić information content (AvgIpc) is 2.99. The summed E-state index contributed by atoms with van der Waals surface area (Å²) in [4.78, 5) is 26.5. The maximum Gasteiger partial charge on any atom is 0.414 e. The van der Waals surface area contributed by atoms with Crippen molar-refractivity contribution >= 4 is 37.3 Å². The summed E-state index contributed by atoms with van der Waals surface area (Å²) in [5, 5.41) is 1.05. The number of ether oxygens (including phenoxy) is 1. The molecule has 1 aromatic heterocycles. The maximum atomic E-state index is 13.0. The minimum Gasteiger partial charge on any atom is -0.443 e. The van der Waals surface area contributed by atoms with Crippen molar-refractivity contribution in [1.82, 2.24) is 4.57 Å². The lowest BCUT2D eigenvalue weighted by molar-refractivity contribution is 0.0581. The Labute approximate surface area is 199 Å². The Morgan fingerprint density at radius 2 is 1.79 bits per heavy atom. The minimum atomic E-state index is -1.91. The predicted octanol–water partition coefficient (Wildman–Crippen LogP) is 6.83. The molecular formula is C26H40N2O4Si. The second kappa shape index (κ2) is 9.85. The van der Waals surface area contributed by atoms with E-state index < -0.39 is 20.0 Å². The van der Waals surface area contributed by atoms with Crippen LogP contribution in [0.2, 0.25) is 18.1 Å². The van der Waals surface area contributed by atoms with Crippen LogP contribution in [-0.4, -0.2) is 37.4 Å². The minimum absolute atomic E-state index is 0.120. The van der Waals surface area contributed by atoms with E-state index in [-0.39, 0.29) is 5.04 Å². The molecule has 33 heavy (non-hydrogen) atoms. The molecule has 182 valence electrons. The Bertz CT molecular complexity index is 1030. The number of hydrogen-bond donors (Lipinski definition) is 0. The molecule has 0 fully saturated rings. The Hall–Kier alpha value is -2.38. The van der Waals surface area contributed by atoms with Gasteiger partial charge in [-0.3, -0.25) is 9.69 Å². The van der Waals surface area contributed by atoms with Crippen LogP contribution in [0.4, 0.5) is 10.5 Å². The van der Waals surface area contributed by atoms with Crippen molar-refractivity contribution in [2.45, 2.75) is 78.3 Å². The molecule has 0 aliphatic carbocycles. The van der Waals surface area contributed by atoms with Crippen LogP contribution in [0.3, 0.4) is 0 Å². The second-order valence-electron chi connectivity index (χ2n) is 11.0. The SMILES string of the molecule is C=CCCN(C(=O)OC(C)(C)C)c1cc2c(cc1C=O)cc(CO[Si](C)(C)C(C)(C)C)n2C. The van der Waals surface area contributed by atoms with E-state index in [2.05, 4.69) is 51.1 Å². The molecule has 0 N–H and O–H groups in total. The number of anilines is 1. The van der Waals surface area contributed by atoms with Crippen LogP contribution in [0.1, 0.15) is 64.0 Å². The molecule has 0 aliphatic rings. The molecule has 1 heterocycles. The van der Waals surface area contributed by atoms with Gasteiger partial charge in [-0.1, -0.05) is 26.8 Å². The number of rotatable bonds is 8. The molecule has 1 aromatic carbocycles. The van der Waals surface area contributed by atoms with E-state index in [1.807, 2.05) is 40.0 Å². The van der Waals surface area contributed by atoms with Gasteiger partial charge in [0.25, 0.3) is 0 Å². The van der Waals surface area contributed by atoms with E-state index in [1.165, 1.54) is 4.90 Å². The topological polar surface area (TPSA) is 60.8 Å². The van der Waals surface area contributed by atoms with Gasteiger partial charge in [-0.05, 0) is 63.5 Å². The summed E-state index contributed by atoms with van der Waals surface area (Å²) in [5.74, 6) is 0. The number of carbonyl (C=O) groups excluding carboxylic acids is 2. The van der Waals surface area contributed by atoms with Crippen molar-refractivity contribution in [3.8, 4) is 0 Å². The van der Waals surface area contributed by atoms with Crippen molar-refractivity contribution in [2.24, 2.45) is 7.05 Å². The Kier molecular flexibility index (Phi) is 8.02. The first kappa shape index (κ1) is 26.9. The second-order valence-corrected chi connectivity index (χ2v) is 15.8. The molecule has 0 aliphatic heterocycles. The van der Waals surface area contributed by atoms with Crippen molar-refractivity contribution in [3.63, 3.8) is 0 Å². The molecule has 0 radical (unpaired) electrons. The molecule has 0 bridgehead atoms. The predicted molar refractivity (Wildman–Crippen MR) is 139 cm³/mol. The molecule has 7 heteroatoms. The van der Waals surface area contributed by atoms with E-state index in [0.717, 1.165) is 22.9 Å². The van der Waals surface area contributed by atoms with E-state index in [4.69, 9.17) is 9.16 Å². The molecule has 0 atom stereocenters. The number of aromatic nitrogens is 1. The first-order chi connectivity index (χ1) is 15.1. The van der Waals surface area contributed by atoms with Crippen molar-refractivity contribution < 1.29 is 18.8 Å². The number of nitrogens with zero attached hydrogens (tertiary/aromatic N) is 2. The zero-order chi connectivity index (χ0) is 25.2. The number of hydrogen-bond acceptors (Lipinski definition) is 4. The summed E-state index contributed by atoms with van der Waals surface area (Å²) in [7, 11) is 0.0775. The number of carbonyl (C=O) groups is 2. The fourth-order valence-electron chi connectivity index (χ4n) is 3.23. The van der Waals surface area contributed by atoms with E-state index in [1.54, 1.807) is 6.08 Å². The first-order valence-corrected chi connectivity index (χ1v) is 14.3. The monoisotopic (exact) mass is 472 g/mol. The first-order valence-electron chi connectivity index (χ1n) is 11.4. The van der Waals surface area contributed by atoms with Gasteiger partial charge < -0.3 is 13.7 Å². The van der Waals surface area contributed by atoms with Gasteiger partial charge in [-0.25, -0.2) is 4.79 Å². The van der Waals surface area contributed by atoms with Crippen LogP contribution in [-0.2, 0) is 22.8 Å². The zero-order valence-corrected chi connectivity index (χ0v) is 22.7. The van der Waals surface area contributed by atoms with Crippen LogP contribution >= 0.6 is 0 Å². The Balaban J connectivity index is 2.51. The molecule has 0 saturated carbocycles. The fraction of sp³-hybridized carbons (Fsp3) is 0.538. The van der Waals surface area contributed by atoms with Gasteiger partial charge in [0.2, 0.25) is 0 Å². The molecule has 2 rings (SSSR count). The summed E-state index contributed by atoms with van der Waals surface area (Å²) >= 11 is 0. The molecule has 0 unspecified atom stereocenters. The van der Waals surface area contributed by atoms with E-state index >= 15 is 0 Å². The smallest absolute Gasteiger partial charge is 0.414 e. The lowest BCUT2D eigenvalue weighted by Crippen LogP contribution is -2.40. The number of aryl methyl sites for hydroxylation is 1. The average molecular weight is 473 g/mol. The van der Waals surface area contributed by atoms with Crippen LogP contribution in [0, 0.1) is 0 Å². The molecule has 0 saturated heterocycles. The van der Waals surface area contributed by atoms with Gasteiger partial charge in [0.1, 0.15) is 5.60 Å². The van der Waals surface area contributed by atoms with Crippen LogP contribution < -0.4 is 4.90 Å². The normalized spacial score (nSPS) is 12.6. The number of benzene rings is 1. The van der Waals surface area contributed by atoms with Gasteiger partial charge in [0.15, 0.2) is 14.6 Å². The summed E-state index contributed by atoms with van der Waals surface area (Å²) in [5.41, 5.74) is 2.29. The number of amides is 1. The van der Waals surface area contributed by atoms with E-state index in [9.17, 15) is 9.59 Å². The summed E-state index contributed by atoms with van der Waals surface area (Å²) in [6.07, 6.45) is 2.63. The lowest BCUT2D eigenvalue weighted by Gasteiger charge is -2.36. The molecule has 1 amide bonds. The van der Waals surface area contributed by atoms with E-state index in [0.29, 0.717) is 30.8 Å². The number of aldehydes is 1. The molecule has 2 aromatic rings. The standard InChI is InChI=1S/C26H40N2O4Si/c1-11-12-13-28(24(30)32-25(2,3)4)23-16-22-19(14-20(23)17-29)15-21(27(22)8)18-31-33(9,10)26(5,6)7/h11,14-17H,1,12-13,18H2,2-10H3. The largest absolute Gasteiger partial charge is 0.443 e. The Morgan fingerprint density at radius 1 is 1.15 bits per heavy atom. The van der Waals surface area contributed by atoms with Gasteiger partial charge in [0, 0.05) is 30.2 Å². The van der Waals surface area contributed by atoms with Crippen LogP contribution in [0.15, 0.2) is 30.9 Å². The third kappa shape index (κ3) is 6.36. The lowest BCUT2D eigenvalue weighted by atomic mass is 10.1. The number of fused-ring (bicyclic) bond motifs is 1. The molecular weight excluding hydrogens is 432 g/mol. The summed E-state index contributed by atoms with van der Waals surface area (Å²) < 4.78 is 14.1. The Morgan fingerprint density at radius 3 is 2.30 bits per heavy atom. The maximum absolute atomic E-state index is 13.0. The highest BCUT2D eigenvalue weighted by Crippen LogP contribution is 2.37. The van der Waals surface area contributed by atoms with Crippen LogP contribution in [0.5, 0.6) is 0 Å². The third-order valence-corrected chi connectivity index (χ3v) is 10.7. The van der Waals surface area contributed by atoms with Gasteiger partial charge in [-0.2, -0.15) is 0 Å². The van der Waals surface area contributed by atoms with Gasteiger partial charge in [0.05, 0.1) is 17.8 Å². The molecule has 6 nitrogen and oxygen atoms in total. The molecule has 0 spiro atoms. The van der Waals surface area contributed by atoms with Crippen molar-refractivity contribution in [1.29, 1.82) is 0 Å². The van der Waals surface area contributed by atoms with Crippen molar-refractivity contribution in [2.75, 3.05) is 11.4 Å². The highest BCUT2D eigenvalue weighted by Gasteiger charge is 2.37. The highest BCUT2D eigenvalue weighted by atomic mass is 28.4. The summed E-state index contributed by atoms with van der Waals surface area (Å²) in [6, 6.07) is 5.78. The summed E-state index contributed by atoms with van der Waals surface area (Å²) in [6.45, 7) is 21.2. The quantitative estimate of drug-likeness (QED) is 0.240. The van der Waals surface area contributed by atoms with Gasteiger partial charge >= 0.3 is 6.09 Å². The van der Waals surface area contributed by atoms with Crippen molar-refractivity contribution in [3.05, 3.63) is 42.1 Å². The third-order valence-electron chi connectivity index (χ3n) is 6.27. The fourth-order valence-corrected chi connectivity index (χ4v) is 4.18. The van der Waals surface area contributed by atoms with Gasteiger partial charge in [-0.15, -0.1) is 6.58 Å². The highest BCUT2D eigenvalue weighted by molar-refractivity contribution is 6.74. The zero-order valence-electron chi connectivity index (χ0n) is 21.7.